The number of rotatable bonds is 7. The maximum atomic E-state index is 5.07. The van der Waals surface area contributed by atoms with E-state index in [1.54, 1.807) is 0 Å². The maximum absolute atomic E-state index is 5.07. The molecular weight excluding hydrogens is 456 g/mol. The zero-order valence-corrected chi connectivity index (χ0v) is 20.8. The van der Waals surface area contributed by atoms with E-state index in [0.717, 1.165) is 33.8 Å². The first-order valence-electron chi connectivity index (χ1n) is 13.4. The van der Waals surface area contributed by atoms with Crippen LogP contribution in [0.25, 0.3) is 39.2 Å². The molecule has 2 aliphatic carbocycles. The zero-order valence-electron chi connectivity index (χ0n) is 20.8. The Kier molecular flexibility index (Phi) is 5.57. The van der Waals surface area contributed by atoms with Gasteiger partial charge in [-0.05, 0) is 73.9 Å². The third kappa shape index (κ3) is 4.33. The highest BCUT2D eigenvalue weighted by Crippen LogP contribution is 2.33. The summed E-state index contributed by atoms with van der Waals surface area (Å²) in [6, 6.07) is 28.6. The highest BCUT2D eigenvalue weighted by atomic mass is 15.3. The van der Waals surface area contributed by atoms with Crippen LogP contribution in [-0.4, -0.2) is 31.7 Å². The van der Waals surface area contributed by atoms with Gasteiger partial charge in [0.05, 0.1) is 16.9 Å². The first-order valence-corrected chi connectivity index (χ1v) is 13.4. The Labute approximate surface area is 216 Å². The van der Waals surface area contributed by atoms with Gasteiger partial charge in [0.2, 0.25) is 5.95 Å². The molecule has 7 rings (SSSR count). The lowest BCUT2D eigenvalue weighted by Gasteiger charge is -2.27. The lowest BCUT2D eigenvalue weighted by Crippen LogP contribution is -2.28. The lowest BCUT2D eigenvalue weighted by atomic mass is 9.93. The van der Waals surface area contributed by atoms with Crippen molar-refractivity contribution in [1.82, 2.24) is 19.6 Å². The number of hydrogen-bond acceptors (Lipinski definition) is 5. The Morgan fingerprint density at radius 3 is 2.11 bits per heavy atom. The molecule has 37 heavy (non-hydrogen) atoms. The molecule has 0 amide bonds. The fourth-order valence-corrected chi connectivity index (χ4v) is 5.08. The van der Waals surface area contributed by atoms with Crippen molar-refractivity contribution in [3.63, 3.8) is 0 Å². The molecule has 2 aromatic carbocycles. The molecule has 0 radical (unpaired) electrons. The largest absolute Gasteiger partial charge is 0.367 e. The van der Waals surface area contributed by atoms with Crippen LogP contribution < -0.4 is 10.6 Å². The molecule has 0 unspecified atom stereocenters. The van der Waals surface area contributed by atoms with Crippen LogP contribution in [-0.2, 0) is 0 Å². The fourth-order valence-electron chi connectivity index (χ4n) is 5.08. The first kappa shape index (κ1) is 22.0. The minimum absolute atomic E-state index is 0.491. The van der Waals surface area contributed by atoms with Crippen molar-refractivity contribution < 1.29 is 0 Å². The van der Waals surface area contributed by atoms with E-state index < -0.39 is 0 Å². The molecular formula is C31H30N6. The van der Waals surface area contributed by atoms with Crippen LogP contribution in [0, 0.1) is 0 Å². The van der Waals surface area contributed by atoms with Crippen molar-refractivity contribution in [3.05, 3.63) is 85.1 Å². The van der Waals surface area contributed by atoms with E-state index in [1.807, 2.05) is 18.3 Å². The Morgan fingerprint density at radius 1 is 0.676 bits per heavy atom. The molecule has 0 bridgehead atoms. The average Bonchev–Trinajstić information content (AvgIpc) is 3.35. The highest BCUT2D eigenvalue weighted by Gasteiger charge is 2.21. The molecule has 2 aliphatic rings. The van der Waals surface area contributed by atoms with E-state index in [0.29, 0.717) is 18.0 Å². The monoisotopic (exact) mass is 486 g/mol. The van der Waals surface area contributed by atoms with Crippen molar-refractivity contribution in [1.29, 1.82) is 0 Å². The molecule has 3 aromatic heterocycles. The van der Waals surface area contributed by atoms with Crippen LogP contribution in [0.5, 0.6) is 0 Å². The third-order valence-corrected chi connectivity index (χ3v) is 7.74. The molecule has 0 spiro atoms. The number of nitrogens with zero attached hydrogens (tertiary/aromatic N) is 4. The number of benzene rings is 2. The molecule has 2 N–H and O–H groups in total. The zero-order chi connectivity index (χ0) is 24.6. The summed E-state index contributed by atoms with van der Waals surface area (Å²) in [5.74, 6) is 1.73. The van der Waals surface area contributed by atoms with E-state index >= 15 is 0 Å². The molecule has 0 atom stereocenters. The van der Waals surface area contributed by atoms with Crippen molar-refractivity contribution in [2.45, 2.75) is 50.6 Å². The second kappa shape index (κ2) is 9.36. The Morgan fingerprint density at radius 2 is 1.38 bits per heavy atom. The highest BCUT2D eigenvalue weighted by molar-refractivity contribution is 5.84. The molecule has 3 heterocycles. The van der Waals surface area contributed by atoms with Gasteiger partial charge in [-0.25, -0.2) is 14.5 Å². The minimum Gasteiger partial charge on any atom is -0.367 e. The molecule has 184 valence electrons. The van der Waals surface area contributed by atoms with Crippen LogP contribution >= 0.6 is 0 Å². The van der Waals surface area contributed by atoms with Crippen molar-refractivity contribution in [2.24, 2.45) is 0 Å². The van der Waals surface area contributed by atoms with E-state index in [4.69, 9.17) is 10.1 Å². The molecule has 6 nitrogen and oxygen atoms in total. The summed E-state index contributed by atoms with van der Waals surface area (Å²) in [6.07, 6.45) is 9.21. The fraction of sp³-hybridized carbons (Fsp3) is 0.258. The maximum Gasteiger partial charge on any atom is 0.223 e. The van der Waals surface area contributed by atoms with E-state index in [-0.39, 0.29) is 0 Å². The topological polar surface area (TPSA) is 67.1 Å². The Balaban J connectivity index is 1.28. The number of aromatic nitrogens is 4. The number of fused-ring (bicyclic) bond motifs is 1. The van der Waals surface area contributed by atoms with Gasteiger partial charge < -0.3 is 10.6 Å². The normalized spacial score (nSPS) is 15.8. The SMILES string of the molecule is c1ccc(-c2ccc(-c3cc4c(-c5ccnc(NC6CCC6)n5)ccc(NC5CCC5)n4n3)cc2)cc1. The summed E-state index contributed by atoms with van der Waals surface area (Å²) >= 11 is 0. The minimum atomic E-state index is 0.491. The summed E-state index contributed by atoms with van der Waals surface area (Å²) in [5, 5.41) is 12.3. The summed E-state index contributed by atoms with van der Waals surface area (Å²) in [4.78, 5) is 9.35. The molecule has 6 heteroatoms. The average molecular weight is 487 g/mol. The van der Waals surface area contributed by atoms with Gasteiger partial charge in [0, 0.05) is 29.4 Å². The van der Waals surface area contributed by atoms with Gasteiger partial charge in [0.15, 0.2) is 0 Å². The van der Waals surface area contributed by atoms with Gasteiger partial charge in [-0.1, -0.05) is 54.6 Å². The predicted molar refractivity (Wildman–Crippen MR) is 150 cm³/mol. The van der Waals surface area contributed by atoms with Crippen molar-refractivity contribution in [2.75, 3.05) is 10.6 Å². The van der Waals surface area contributed by atoms with Gasteiger partial charge in [0.1, 0.15) is 5.82 Å². The molecule has 2 fully saturated rings. The summed E-state index contributed by atoms with van der Waals surface area (Å²) in [6.45, 7) is 0. The number of nitrogens with one attached hydrogen (secondary N) is 2. The summed E-state index contributed by atoms with van der Waals surface area (Å²) in [5.41, 5.74) is 7.46. The van der Waals surface area contributed by atoms with Crippen LogP contribution in [0.2, 0.25) is 0 Å². The summed E-state index contributed by atoms with van der Waals surface area (Å²) < 4.78 is 2.05. The van der Waals surface area contributed by atoms with Gasteiger partial charge in [-0.3, -0.25) is 0 Å². The molecule has 2 saturated carbocycles. The second-order valence-corrected chi connectivity index (χ2v) is 10.2. The van der Waals surface area contributed by atoms with Crippen LogP contribution in [0.4, 0.5) is 11.8 Å². The van der Waals surface area contributed by atoms with Crippen LogP contribution in [0.15, 0.2) is 85.1 Å². The smallest absolute Gasteiger partial charge is 0.223 e. The van der Waals surface area contributed by atoms with Gasteiger partial charge in [0.25, 0.3) is 0 Å². The van der Waals surface area contributed by atoms with Crippen LogP contribution in [0.1, 0.15) is 38.5 Å². The quantitative estimate of drug-likeness (QED) is 0.258. The summed E-state index contributed by atoms with van der Waals surface area (Å²) in [7, 11) is 0. The molecule has 0 aliphatic heterocycles. The van der Waals surface area contributed by atoms with Gasteiger partial charge >= 0.3 is 0 Å². The molecule has 5 aromatic rings. The number of anilines is 2. The van der Waals surface area contributed by atoms with Crippen molar-refractivity contribution in [3.8, 4) is 33.6 Å². The number of hydrogen-bond donors (Lipinski definition) is 2. The van der Waals surface area contributed by atoms with Gasteiger partial charge in [-0.2, -0.15) is 5.10 Å². The third-order valence-electron chi connectivity index (χ3n) is 7.74. The predicted octanol–water partition coefficient (Wildman–Crippen LogP) is 7.05. The van der Waals surface area contributed by atoms with E-state index in [2.05, 4.69) is 86.9 Å². The van der Waals surface area contributed by atoms with E-state index in [1.165, 1.54) is 49.7 Å². The van der Waals surface area contributed by atoms with E-state index in [9.17, 15) is 0 Å². The molecule has 0 saturated heterocycles. The number of pyridine rings is 1. The standard InChI is InChI=1S/C31H30N6/c1-2-6-21(7-3-1)22-12-14-23(15-13-22)28-20-29-26(16-17-30(37(29)36-28)33-24-8-4-9-24)27-18-19-32-31(35-27)34-25-10-5-11-25/h1-3,6-7,12-20,24-25,33H,4-5,8-11H2,(H,32,34,35). The van der Waals surface area contributed by atoms with Crippen LogP contribution in [0.3, 0.4) is 0 Å². The Bertz CT molecular complexity index is 1530. The first-order chi connectivity index (χ1) is 18.3. The van der Waals surface area contributed by atoms with Crippen molar-refractivity contribution >= 4 is 17.3 Å². The van der Waals surface area contributed by atoms with Gasteiger partial charge in [-0.15, -0.1) is 0 Å². The lowest BCUT2D eigenvalue weighted by molar-refractivity contribution is 0.443. The second-order valence-electron chi connectivity index (χ2n) is 10.2. The Hall–Kier alpha value is -4.19.